The van der Waals surface area contributed by atoms with E-state index >= 15 is 0 Å². The second-order valence-corrected chi connectivity index (χ2v) is 6.37. The molecular formula is C19H22N6O3. The number of fused-ring (bicyclic) bond motifs is 1. The van der Waals surface area contributed by atoms with Gasteiger partial charge in [-0.05, 0) is 31.4 Å². The Kier molecular flexibility index (Phi) is 5.83. The largest absolute Gasteiger partial charge is 0.456 e. The highest BCUT2D eigenvalue weighted by molar-refractivity contribution is 5.80. The summed E-state index contributed by atoms with van der Waals surface area (Å²) >= 11 is 0. The van der Waals surface area contributed by atoms with E-state index < -0.39 is 5.97 Å². The van der Waals surface area contributed by atoms with Gasteiger partial charge in [0, 0.05) is 24.4 Å². The Balaban J connectivity index is 1.49. The van der Waals surface area contributed by atoms with Crippen LogP contribution >= 0.6 is 0 Å². The number of aromatic nitrogens is 4. The fourth-order valence-electron chi connectivity index (χ4n) is 2.88. The van der Waals surface area contributed by atoms with E-state index in [1.54, 1.807) is 4.52 Å². The number of nitrogens with two attached hydrogens (primary N) is 1. The number of esters is 1. The van der Waals surface area contributed by atoms with E-state index in [0.29, 0.717) is 18.7 Å². The molecule has 0 saturated carbocycles. The van der Waals surface area contributed by atoms with Gasteiger partial charge in [-0.2, -0.15) is 9.50 Å². The van der Waals surface area contributed by atoms with Crippen LogP contribution in [0.15, 0.2) is 30.3 Å². The summed E-state index contributed by atoms with van der Waals surface area (Å²) in [4.78, 5) is 32.2. The zero-order valence-electron chi connectivity index (χ0n) is 15.8. The summed E-state index contributed by atoms with van der Waals surface area (Å²) in [6.07, 6.45) is 0.551. The first-order valence-corrected chi connectivity index (χ1v) is 8.88. The molecule has 3 N–H and O–H groups in total. The van der Waals surface area contributed by atoms with Crippen molar-refractivity contribution in [2.24, 2.45) is 0 Å². The van der Waals surface area contributed by atoms with Crippen molar-refractivity contribution in [3.05, 3.63) is 52.8 Å². The van der Waals surface area contributed by atoms with E-state index in [0.717, 1.165) is 22.5 Å². The molecule has 146 valence electrons. The SMILES string of the molecule is Cc1nc2nc(N)nn2c(C)c1CCC(=O)OCC(=O)NCc1ccccc1. The maximum Gasteiger partial charge on any atom is 0.306 e. The van der Waals surface area contributed by atoms with E-state index in [-0.39, 0.29) is 24.9 Å². The van der Waals surface area contributed by atoms with Crippen molar-refractivity contribution in [3.8, 4) is 0 Å². The van der Waals surface area contributed by atoms with Gasteiger partial charge in [-0.3, -0.25) is 9.59 Å². The number of amides is 1. The Morgan fingerprint density at radius 1 is 1.18 bits per heavy atom. The molecule has 28 heavy (non-hydrogen) atoms. The average Bonchev–Trinajstić information content (AvgIpc) is 3.05. The van der Waals surface area contributed by atoms with Crippen LogP contribution in [0.4, 0.5) is 5.95 Å². The number of hydrogen-bond donors (Lipinski definition) is 2. The van der Waals surface area contributed by atoms with Crippen LogP contribution in [0, 0.1) is 13.8 Å². The molecule has 0 fully saturated rings. The number of carbonyl (C=O) groups is 2. The maximum atomic E-state index is 12.0. The van der Waals surface area contributed by atoms with Gasteiger partial charge in [-0.15, -0.1) is 5.10 Å². The molecule has 2 heterocycles. The predicted molar refractivity (Wildman–Crippen MR) is 102 cm³/mol. The summed E-state index contributed by atoms with van der Waals surface area (Å²) in [6, 6.07) is 9.51. The van der Waals surface area contributed by atoms with Gasteiger partial charge in [0.1, 0.15) is 0 Å². The van der Waals surface area contributed by atoms with E-state index in [1.165, 1.54) is 0 Å². The van der Waals surface area contributed by atoms with Crippen molar-refractivity contribution in [2.75, 3.05) is 12.3 Å². The molecule has 1 aromatic carbocycles. The first-order valence-electron chi connectivity index (χ1n) is 8.88. The molecule has 3 rings (SSSR count). The predicted octanol–water partition coefficient (Wildman–Crippen LogP) is 1.12. The van der Waals surface area contributed by atoms with Crippen LogP contribution in [-0.4, -0.2) is 38.1 Å². The van der Waals surface area contributed by atoms with Crippen LogP contribution in [0.2, 0.25) is 0 Å². The zero-order valence-corrected chi connectivity index (χ0v) is 15.8. The maximum absolute atomic E-state index is 12.0. The molecule has 0 aliphatic carbocycles. The second kappa shape index (κ2) is 8.47. The fraction of sp³-hybridized carbons (Fsp3) is 0.316. The quantitative estimate of drug-likeness (QED) is 0.587. The van der Waals surface area contributed by atoms with Crippen molar-refractivity contribution in [2.45, 2.75) is 33.2 Å². The molecule has 0 aliphatic heterocycles. The van der Waals surface area contributed by atoms with Crippen molar-refractivity contribution in [1.82, 2.24) is 24.9 Å². The minimum Gasteiger partial charge on any atom is -0.456 e. The number of carbonyl (C=O) groups excluding carboxylic acids is 2. The lowest BCUT2D eigenvalue weighted by atomic mass is 10.1. The van der Waals surface area contributed by atoms with Crippen LogP contribution in [0.1, 0.15) is 28.9 Å². The molecule has 9 nitrogen and oxygen atoms in total. The molecule has 0 aliphatic rings. The molecular weight excluding hydrogens is 360 g/mol. The van der Waals surface area contributed by atoms with Gasteiger partial charge < -0.3 is 15.8 Å². The van der Waals surface area contributed by atoms with E-state index in [9.17, 15) is 9.59 Å². The smallest absolute Gasteiger partial charge is 0.306 e. The fourth-order valence-corrected chi connectivity index (χ4v) is 2.88. The number of benzene rings is 1. The number of nitrogens with one attached hydrogen (secondary N) is 1. The lowest BCUT2D eigenvalue weighted by Crippen LogP contribution is -2.28. The molecule has 0 atom stereocenters. The zero-order chi connectivity index (χ0) is 20.1. The topological polar surface area (TPSA) is 124 Å². The third kappa shape index (κ3) is 4.61. The molecule has 0 unspecified atom stereocenters. The van der Waals surface area contributed by atoms with Crippen molar-refractivity contribution >= 4 is 23.6 Å². The summed E-state index contributed by atoms with van der Waals surface area (Å²) < 4.78 is 6.61. The highest BCUT2D eigenvalue weighted by Gasteiger charge is 2.15. The average molecular weight is 382 g/mol. The molecule has 1 amide bonds. The minimum absolute atomic E-state index is 0.130. The molecule has 2 aromatic heterocycles. The number of ether oxygens (including phenoxy) is 1. The molecule has 0 saturated heterocycles. The number of hydrogen-bond acceptors (Lipinski definition) is 7. The summed E-state index contributed by atoms with van der Waals surface area (Å²) in [5.41, 5.74) is 9.05. The first kappa shape index (κ1) is 19.3. The van der Waals surface area contributed by atoms with E-state index in [1.807, 2.05) is 44.2 Å². The molecule has 0 radical (unpaired) electrons. The Bertz CT molecular complexity index is 1000. The Hall–Kier alpha value is -3.49. The van der Waals surface area contributed by atoms with Gasteiger partial charge in [-0.1, -0.05) is 30.3 Å². The molecule has 0 bridgehead atoms. The standard InChI is InChI=1S/C19H22N6O3/c1-12-15(13(2)25-19(22-12)23-18(20)24-25)8-9-17(27)28-11-16(26)21-10-14-6-4-3-5-7-14/h3-7H,8-11H2,1-2H3,(H2,20,24)(H,21,26). The summed E-state index contributed by atoms with van der Waals surface area (Å²) in [5.74, 6) is -0.223. The van der Waals surface area contributed by atoms with Crippen LogP contribution < -0.4 is 11.1 Å². The van der Waals surface area contributed by atoms with Crippen molar-refractivity contribution in [1.29, 1.82) is 0 Å². The lowest BCUT2D eigenvalue weighted by Gasteiger charge is -2.10. The minimum atomic E-state index is -0.452. The van der Waals surface area contributed by atoms with Crippen molar-refractivity contribution < 1.29 is 14.3 Å². The van der Waals surface area contributed by atoms with Crippen LogP contribution in [0.3, 0.4) is 0 Å². The molecule has 9 heteroatoms. The Labute approximate surface area is 161 Å². The lowest BCUT2D eigenvalue weighted by molar-refractivity contribution is -0.148. The van der Waals surface area contributed by atoms with Crippen molar-refractivity contribution in [3.63, 3.8) is 0 Å². The third-order valence-corrected chi connectivity index (χ3v) is 4.34. The van der Waals surface area contributed by atoms with Crippen LogP contribution in [0.25, 0.3) is 5.78 Å². The molecule has 3 aromatic rings. The van der Waals surface area contributed by atoms with Gasteiger partial charge in [0.15, 0.2) is 6.61 Å². The van der Waals surface area contributed by atoms with E-state index in [4.69, 9.17) is 10.5 Å². The monoisotopic (exact) mass is 382 g/mol. The highest BCUT2D eigenvalue weighted by Crippen LogP contribution is 2.16. The summed E-state index contributed by atoms with van der Waals surface area (Å²) in [7, 11) is 0. The summed E-state index contributed by atoms with van der Waals surface area (Å²) in [5, 5.41) is 6.81. The van der Waals surface area contributed by atoms with Gasteiger partial charge in [0.2, 0.25) is 5.95 Å². The summed E-state index contributed by atoms with van der Waals surface area (Å²) in [6.45, 7) is 3.80. The van der Waals surface area contributed by atoms with Gasteiger partial charge in [0.25, 0.3) is 11.7 Å². The molecule has 0 spiro atoms. The van der Waals surface area contributed by atoms with Crippen LogP contribution in [0.5, 0.6) is 0 Å². The Morgan fingerprint density at radius 2 is 1.93 bits per heavy atom. The number of anilines is 1. The van der Waals surface area contributed by atoms with E-state index in [2.05, 4.69) is 20.4 Å². The van der Waals surface area contributed by atoms with Gasteiger partial charge in [-0.25, -0.2) is 4.98 Å². The van der Waals surface area contributed by atoms with Gasteiger partial charge >= 0.3 is 5.97 Å². The highest BCUT2D eigenvalue weighted by atomic mass is 16.5. The number of rotatable bonds is 7. The third-order valence-electron chi connectivity index (χ3n) is 4.34. The number of nitrogens with zero attached hydrogens (tertiary/aromatic N) is 4. The number of aryl methyl sites for hydroxylation is 2. The van der Waals surface area contributed by atoms with Gasteiger partial charge in [0.05, 0.1) is 0 Å². The number of nitrogen functional groups attached to an aromatic ring is 1. The second-order valence-electron chi connectivity index (χ2n) is 6.37. The first-order chi connectivity index (χ1) is 13.4. The normalized spacial score (nSPS) is 10.8. The van der Waals surface area contributed by atoms with Crippen LogP contribution in [-0.2, 0) is 27.3 Å². The Morgan fingerprint density at radius 3 is 2.68 bits per heavy atom.